The van der Waals surface area contributed by atoms with Crippen molar-refractivity contribution in [2.75, 3.05) is 23.1 Å². The van der Waals surface area contributed by atoms with Crippen LogP contribution >= 0.6 is 0 Å². The zero-order valence-electron chi connectivity index (χ0n) is 16.4. The summed E-state index contributed by atoms with van der Waals surface area (Å²) < 4.78 is 5.12. The zero-order chi connectivity index (χ0) is 20.8. The maximum atomic E-state index is 12.3. The van der Waals surface area contributed by atoms with Gasteiger partial charge in [0.1, 0.15) is 17.9 Å². The molecule has 0 aliphatic heterocycles. The van der Waals surface area contributed by atoms with Crippen LogP contribution in [0.4, 0.5) is 22.0 Å². The van der Waals surface area contributed by atoms with Gasteiger partial charge in [-0.3, -0.25) is 0 Å². The predicted octanol–water partition coefficient (Wildman–Crippen LogP) is 4.89. The number of amides is 2. The number of carbonyl (C=O) groups is 1. The van der Waals surface area contributed by atoms with Crippen molar-refractivity contribution < 1.29 is 9.53 Å². The molecule has 4 aromatic rings. The summed E-state index contributed by atoms with van der Waals surface area (Å²) in [4.78, 5) is 20.9. The number of benzene rings is 3. The molecule has 7 nitrogen and oxygen atoms in total. The molecule has 2 amide bonds. The Balaban J connectivity index is 1.39. The lowest BCUT2D eigenvalue weighted by molar-refractivity contribution is 0.262. The molecule has 0 aliphatic carbocycles. The van der Waals surface area contributed by atoms with Gasteiger partial charge in [-0.1, -0.05) is 24.3 Å². The molecule has 0 saturated carbocycles. The van der Waals surface area contributed by atoms with Crippen LogP contribution in [0.2, 0.25) is 0 Å². The lowest BCUT2D eigenvalue weighted by atomic mass is 10.2. The van der Waals surface area contributed by atoms with E-state index >= 15 is 0 Å². The molecule has 30 heavy (non-hydrogen) atoms. The van der Waals surface area contributed by atoms with E-state index in [1.54, 1.807) is 37.7 Å². The first kappa shape index (κ1) is 19.2. The number of rotatable bonds is 6. The largest absolute Gasteiger partial charge is 0.497 e. The molecule has 0 fully saturated rings. The highest BCUT2D eigenvalue weighted by molar-refractivity contribution is 5.99. The van der Waals surface area contributed by atoms with Crippen molar-refractivity contribution >= 4 is 34.1 Å². The summed E-state index contributed by atoms with van der Waals surface area (Å²) in [5, 5.41) is 9.96. The Morgan fingerprint density at radius 1 is 0.900 bits per heavy atom. The Morgan fingerprint density at radius 2 is 1.70 bits per heavy atom. The average Bonchev–Trinajstić information content (AvgIpc) is 2.78. The van der Waals surface area contributed by atoms with Crippen LogP contribution < -0.4 is 20.7 Å². The number of fused-ring (bicyclic) bond motifs is 1. The van der Waals surface area contributed by atoms with E-state index in [0.717, 1.165) is 28.0 Å². The van der Waals surface area contributed by atoms with Crippen LogP contribution in [-0.4, -0.2) is 23.1 Å². The van der Waals surface area contributed by atoms with E-state index in [9.17, 15) is 4.79 Å². The van der Waals surface area contributed by atoms with Gasteiger partial charge in [-0.05, 0) is 54.1 Å². The Kier molecular flexibility index (Phi) is 5.70. The molecular formula is C23H21N5O2. The molecule has 0 radical (unpaired) electrons. The fourth-order valence-electron chi connectivity index (χ4n) is 3.06. The molecule has 3 aromatic carbocycles. The summed E-state index contributed by atoms with van der Waals surface area (Å²) in [6.07, 6.45) is 1.55. The summed E-state index contributed by atoms with van der Waals surface area (Å²) in [6.45, 7) is 0.566. The fourth-order valence-corrected chi connectivity index (χ4v) is 3.06. The second-order valence-electron chi connectivity index (χ2n) is 6.60. The number of nitrogens with one attached hydrogen (secondary N) is 3. The normalized spacial score (nSPS) is 10.4. The van der Waals surface area contributed by atoms with E-state index in [2.05, 4.69) is 25.9 Å². The van der Waals surface area contributed by atoms with E-state index in [-0.39, 0.29) is 6.03 Å². The second-order valence-corrected chi connectivity index (χ2v) is 6.60. The molecule has 0 unspecified atom stereocenters. The summed E-state index contributed by atoms with van der Waals surface area (Å²) in [7, 11) is 1.60. The van der Waals surface area contributed by atoms with E-state index < -0.39 is 0 Å². The van der Waals surface area contributed by atoms with E-state index in [4.69, 9.17) is 4.74 Å². The van der Waals surface area contributed by atoms with Crippen molar-refractivity contribution in [1.82, 2.24) is 9.97 Å². The number of anilines is 3. The van der Waals surface area contributed by atoms with E-state index in [1.807, 2.05) is 48.5 Å². The van der Waals surface area contributed by atoms with Crippen molar-refractivity contribution in [3.05, 3.63) is 84.7 Å². The highest BCUT2D eigenvalue weighted by Crippen LogP contribution is 2.20. The molecule has 0 spiro atoms. The molecule has 150 valence electrons. The van der Waals surface area contributed by atoms with Crippen molar-refractivity contribution in [2.24, 2.45) is 0 Å². The van der Waals surface area contributed by atoms with Gasteiger partial charge in [0, 0.05) is 23.3 Å². The molecule has 0 atom stereocenters. The molecule has 1 heterocycles. The van der Waals surface area contributed by atoms with Gasteiger partial charge in [-0.15, -0.1) is 0 Å². The minimum absolute atomic E-state index is 0.313. The smallest absolute Gasteiger partial charge is 0.323 e. The monoisotopic (exact) mass is 399 g/mol. The van der Waals surface area contributed by atoms with Crippen molar-refractivity contribution in [2.45, 2.75) is 6.54 Å². The molecular weight excluding hydrogens is 378 g/mol. The third kappa shape index (κ3) is 4.64. The number of ether oxygens (including phenoxy) is 1. The SMILES string of the molecule is COc1ccc(NC(=O)Nc2cccc(CNc3ncnc4ccccc34)c2)cc1. The third-order valence-electron chi connectivity index (χ3n) is 4.54. The Morgan fingerprint density at radius 3 is 2.53 bits per heavy atom. The number of nitrogens with zero attached hydrogens (tertiary/aromatic N) is 2. The van der Waals surface area contributed by atoms with Gasteiger partial charge in [-0.2, -0.15) is 0 Å². The standard InChI is InChI=1S/C23H21N5O2/c1-30-19-11-9-17(10-12-19)27-23(29)28-18-6-4-5-16(13-18)14-24-22-20-7-2-3-8-21(20)25-15-26-22/h2-13,15H,14H2,1H3,(H,24,25,26)(H2,27,28,29). The third-order valence-corrected chi connectivity index (χ3v) is 4.54. The molecule has 7 heteroatoms. The molecule has 1 aromatic heterocycles. The lowest BCUT2D eigenvalue weighted by Crippen LogP contribution is -2.19. The highest BCUT2D eigenvalue weighted by atomic mass is 16.5. The Hall–Kier alpha value is -4.13. The van der Waals surface area contributed by atoms with Crippen LogP contribution in [-0.2, 0) is 6.54 Å². The summed E-state index contributed by atoms with van der Waals surface area (Å²) in [5.41, 5.74) is 3.29. The van der Waals surface area contributed by atoms with Crippen LogP contribution in [0.5, 0.6) is 5.75 Å². The quantitative estimate of drug-likeness (QED) is 0.429. The summed E-state index contributed by atoms with van der Waals surface area (Å²) >= 11 is 0. The van der Waals surface area contributed by atoms with Gasteiger partial charge < -0.3 is 20.7 Å². The second kappa shape index (κ2) is 8.91. The minimum atomic E-state index is -0.313. The van der Waals surface area contributed by atoms with Crippen LogP contribution in [0.25, 0.3) is 10.9 Å². The van der Waals surface area contributed by atoms with Crippen molar-refractivity contribution in [3.8, 4) is 5.75 Å². The number of aromatic nitrogens is 2. The highest BCUT2D eigenvalue weighted by Gasteiger charge is 2.06. The van der Waals surface area contributed by atoms with Gasteiger partial charge >= 0.3 is 6.03 Å². The first-order valence-electron chi connectivity index (χ1n) is 9.46. The first-order chi connectivity index (χ1) is 14.7. The molecule has 0 saturated heterocycles. The van der Waals surface area contributed by atoms with Crippen LogP contribution in [0.3, 0.4) is 0 Å². The number of para-hydroxylation sites is 1. The van der Waals surface area contributed by atoms with Gasteiger partial charge in [0.25, 0.3) is 0 Å². The first-order valence-corrected chi connectivity index (χ1v) is 9.46. The molecule has 4 rings (SSSR count). The van der Waals surface area contributed by atoms with E-state index in [0.29, 0.717) is 17.9 Å². The van der Waals surface area contributed by atoms with Crippen molar-refractivity contribution in [3.63, 3.8) is 0 Å². The molecule has 0 aliphatic rings. The van der Waals surface area contributed by atoms with Gasteiger partial charge in [-0.25, -0.2) is 14.8 Å². The van der Waals surface area contributed by atoms with Crippen LogP contribution in [0.15, 0.2) is 79.1 Å². The van der Waals surface area contributed by atoms with Crippen molar-refractivity contribution in [1.29, 1.82) is 0 Å². The number of urea groups is 1. The predicted molar refractivity (Wildman–Crippen MR) is 119 cm³/mol. The maximum absolute atomic E-state index is 12.3. The molecule has 3 N–H and O–H groups in total. The maximum Gasteiger partial charge on any atom is 0.323 e. The Bertz CT molecular complexity index is 1160. The lowest BCUT2D eigenvalue weighted by Gasteiger charge is -2.11. The summed E-state index contributed by atoms with van der Waals surface area (Å²) in [6, 6.07) is 22.3. The Labute approximate surface area is 174 Å². The van der Waals surface area contributed by atoms with Gasteiger partial charge in [0.15, 0.2) is 0 Å². The van der Waals surface area contributed by atoms with Crippen LogP contribution in [0.1, 0.15) is 5.56 Å². The number of carbonyl (C=O) groups excluding carboxylic acids is 1. The van der Waals surface area contributed by atoms with Gasteiger partial charge in [0.05, 0.1) is 12.6 Å². The fraction of sp³-hybridized carbons (Fsp3) is 0.0870. The number of methoxy groups -OCH3 is 1. The van der Waals surface area contributed by atoms with Gasteiger partial charge in [0.2, 0.25) is 0 Å². The van der Waals surface area contributed by atoms with Crippen LogP contribution in [0, 0.1) is 0 Å². The molecule has 0 bridgehead atoms. The average molecular weight is 399 g/mol. The van der Waals surface area contributed by atoms with E-state index in [1.165, 1.54) is 0 Å². The topological polar surface area (TPSA) is 88.2 Å². The zero-order valence-corrected chi connectivity index (χ0v) is 16.4. The minimum Gasteiger partial charge on any atom is -0.497 e. The number of hydrogen-bond acceptors (Lipinski definition) is 5. The number of hydrogen-bond donors (Lipinski definition) is 3. The summed E-state index contributed by atoms with van der Waals surface area (Å²) in [5.74, 6) is 1.51.